The molecule has 0 bridgehead atoms. The molecule has 5 heteroatoms. The molecule has 1 aromatic carbocycles. The second kappa shape index (κ2) is 6.48. The highest BCUT2D eigenvalue weighted by atomic mass is 16.5. The van der Waals surface area contributed by atoms with Gasteiger partial charge in [-0.2, -0.15) is 0 Å². The van der Waals surface area contributed by atoms with Gasteiger partial charge in [-0.3, -0.25) is 9.69 Å². The second-order valence-electron chi connectivity index (χ2n) is 6.03. The van der Waals surface area contributed by atoms with E-state index in [1.54, 1.807) is 11.9 Å². The zero-order valence-electron chi connectivity index (χ0n) is 13.3. The van der Waals surface area contributed by atoms with Gasteiger partial charge in [0.25, 0.3) is 0 Å². The Hall–Kier alpha value is -1.88. The van der Waals surface area contributed by atoms with Crippen LogP contribution in [-0.2, 0) is 16.6 Å². The summed E-state index contributed by atoms with van der Waals surface area (Å²) in [7, 11) is 3.75. The first kappa shape index (κ1) is 15.0. The number of hydrogen-bond acceptors (Lipinski definition) is 3. The van der Waals surface area contributed by atoms with Crippen LogP contribution < -0.4 is 4.90 Å². The molecule has 22 heavy (non-hydrogen) atoms. The summed E-state index contributed by atoms with van der Waals surface area (Å²) in [6, 6.07) is 7.93. The van der Waals surface area contributed by atoms with Crippen LogP contribution in [0, 0.1) is 5.92 Å². The summed E-state index contributed by atoms with van der Waals surface area (Å²) in [6.07, 6.45) is 3.73. The van der Waals surface area contributed by atoms with Gasteiger partial charge in [-0.25, -0.2) is 4.98 Å². The predicted octanol–water partition coefficient (Wildman–Crippen LogP) is 2.74. The van der Waals surface area contributed by atoms with Crippen molar-refractivity contribution in [1.29, 1.82) is 0 Å². The molecule has 3 rings (SSSR count). The van der Waals surface area contributed by atoms with Gasteiger partial charge < -0.3 is 9.30 Å². The average Bonchev–Trinajstić information content (AvgIpc) is 2.90. The number of aryl methyl sites for hydroxylation is 1. The van der Waals surface area contributed by atoms with Crippen LogP contribution in [0.4, 0.5) is 5.95 Å². The fourth-order valence-electron chi connectivity index (χ4n) is 3.07. The lowest BCUT2D eigenvalue weighted by Gasteiger charge is -2.23. The van der Waals surface area contributed by atoms with E-state index in [0.717, 1.165) is 37.1 Å². The van der Waals surface area contributed by atoms with Crippen molar-refractivity contribution in [3.63, 3.8) is 0 Å². The third-order valence-electron chi connectivity index (χ3n) is 4.46. The van der Waals surface area contributed by atoms with Gasteiger partial charge in [0.05, 0.1) is 11.0 Å². The number of ether oxygens (including phenoxy) is 1. The molecule has 0 aliphatic carbocycles. The monoisotopic (exact) mass is 301 g/mol. The van der Waals surface area contributed by atoms with E-state index in [9.17, 15) is 4.79 Å². The number of fused-ring (bicyclic) bond motifs is 1. The number of benzene rings is 1. The smallest absolute Gasteiger partial charge is 0.229 e. The summed E-state index contributed by atoms with van der Waals surface area (Å²) >= 11 is 0. The Morgan fingerprint density at radius 1 is 1.45 bits per heavy atom. The van der Waals surface area contributed by atoms with Gasteiger partial charge in [0.15, 0.2) is 0 Å². The van der Waals surface area contributed by atoms with E-state index in [-0.39, 0.29) is 5.91 Å². The van der Waals surface area contributed by atoms with Crippen LogP contribution in [0.25, 0.3) is 11.0 Å². The molecule has 1 unspecified atom stereocenters. The van der Waals surface area contributed by atoms with Crippen molar-refractivity contribution in [3.05, 3.63) is 24.3 Å². The summed E-state index contributed by atoms with van der Waals surface area (Å²) < 4.78 is 7.45. The van der Waals surface area contributed by atoms with Gasteiger partial charge in [0.2, 0.25) is 11.9 Å². The first-order valence-electron chi connectivity index (χ1n) is 7.92. The van der Waals surface area contributed by atoms with Crippen molar-refractivity contribution in [2.45, 2.75) is 25.7 Å². The van der Waals surface area contributed by atoms with Gasteiger partial charge >= 0.3 is 0 Å². The molecule has 1 aromatic heterocycles. The minimum absolute atomic E-state index is 0.115. The molecule has 0 saturated carbocycles. The van der Waals surface area contributed by atoms with Crippen LogP contribution in [0.15, 0.2) is 24.3 Å². The molecule has 1 atom stereocenters. The SMILES string of the molecule is CN(C(=O)CCC1CCCOC1)c1nc2ccccc2n1C. The fourth-order valence-corrected chi connectivity index (χ4v) is 3.07. The summed E-state index contributed by atoms with van der Waals surface area (Å²) in [5.41, 5.74) is 1.96. The number of nitrogens with zero attached hydrogens (tertiary/aromatic N) is 3. The first-order valence-corrected chi connectivity index (χ1v) is 7.92. The number of amides is 1. The molecular weight excluding hydrogens is 278 g/mol. The maximum atomic E-state index is 12.4. The maximum absolute atomic E-state index is 12.4. The molecule has 5 nitrogen and oxygen atoms in total. The zero-order chi connectivity index (χ0) is 15.5. The van der Waals surface area contributed by atoms with Crippen molar-refractivity contribution >= 4 is 22.9 Å². The van der Waals surface area contributed by atoms with Crippen molar-refractivity contribution < 1.29 is 9.53 Å². The Balaban J connectivity index is 1.67. The summed E-state index contributed by atoms with van der Waals surface area (Å²) in [5.74, 6) is 1.33. The number of hydrogen-bond donors (Lipinski definition) is 0. The number of imidazole rings is 1. The fraction of sp³-hybridized carbons (Fsp3) is 0.529. The van der Waals surface area contributed by atoms with Crippen LogP contribution in [-0.4, -0.2) is 35.7 Å². The molecule has 1 aliphatic rings. The highest BCUT2D eigenvalue weighted by molar-refractivity contribution is 5.93. The summed E-state index contributed by atoms with van der Waals surface area (Å²) in [6.45, 7) is 1.66. The Morgan fingerprint density at radius 2 is 2.27 bits per heavy atom. The zero-order valence-corrected chi connectivity index (χ0v) is 13.3. The molecule has 1 fully saturated rings. The third-order valence-corrected chi connectivity index (χ3v) is 4.46. The van der Waals surface area contributed by atoms with Gasteiger partial charge in [-0.05, 0) is 37.3 Å². The van der Waals surface area contributed by atoms with Crippen LogP contribution in [0.2, 0.25) is 0 Å². The molecule has 0 spiro atoms. The lowest BCUT2D eigenvalue weighted by atomic mass is 9.97. The van der Waals surface area contributed by atoms with E-state index >= 15 is 0 Å². The van der Waals surface area contributed by atoms with Gasteiger partial charge in [0.1, 0.15) is 0 Å². The van der Waals surface area contributed by atoms with Crippen molar-refractivity contribution in [2.24, 2.45) is 13.0 Å². The van der Waals surface area contributed by atoms with Crippen LogP contribution in [0.5, 0.6) is 0 Å². The van der Waals surface area contributed by atoms with E-state index in [2.05, 4.69) is 4.98 Å². The Bertz CT molecular complexity index is 659. The molecule has 0 N–H and O–H groups in total. The van der Waals surface area contributed by atoms with Gasteiger partial charge in [-0.1, -0.05) is 12.1 Å². The minimum atomic E-state index is 0.115. The minimum Gasteiger partial charge on any atom is -0.381 e. The maximum Gasteiger partial charge on any atom is 0.229 e. The largest absolute Gasteiger partial charge is 0.381 e. The predicted molar refractivity (Wildman–Crippen MR) is 86.9 cm³/mol. The molecule has 118 valence electrons. The second-order valence-corrected chi connectivity index (χ2v) is 6.03. The van der Waals surface area contributed by atoms with Gasteiger partial charge in [-0.15, -0.1) is 0 Å². The number of rotatable bonds is 4. The van der Waals surface area contributed by atoms with Gasteiger partial charge in [0, 0.05) is 33.7 Å². The Kier molecular flexibility index (Phi) is 4.43. The molecular formula is C17H23N3O2. The van der Waals surface area contributed by atoms with Crippen molar-refractivity contribution in [3.8, 4) is 0 Å². The first-order chi connectivity index (χ1) is 10.7. The molecule has 0 radical (unpaired) electrons. The topological polar surface area (TPSA) is 47.4 Å². The third kappa shape index (κ3) is 2.99. The Morgan fingerprint density at radius 3 is 3.00 bits per heavy atom. The van der Waals surface area contributed by atoms with Crippen LogP contribution >= 0.6 is 0 Å². The standard InChI is InChI=1S/C17H23N3O2/c1-19-15-8-4-3-7-14(15)18-17(19)20(2)16(21)10-9-13-6-5-11-22-12-13/h3-4,7-8,13H,5-6,9-12H2,1-2H3. The lowest BCUT2D eigenvalue weighted by molar-refractivity contribution is -0.118. The summed E-state index contributed by atoms with van der Waals surface area (Å²) in [5, 5.41) is 0. The van der Waals surface area contributed by atoms with E-state index in [1.807, 2.05) is 35.9 Å². The number of aromatic nitrogens is 2. The van der Waals surface area contributed by atoms with E-state index in [1.165, 1.54) is 6.42 Å². The number of anilines is 1. The van der Waals surface area contributed by atoms with Crippen LogP contribution in [0.3, 0.4) is 0 Å². The number of para-hydroxylation sites is 2. The van der Waals surface area contributed by atoms with Crippen LogP contribution in [0.1, 0.15) is 25.7 Å². The highest BCUT2D eigenvalue weighted by Crippen LogP contribution is 2.23. The molecule has 1 aliphatic heterocycles. The highest BCUT2D eigenvalue weighted by Gasteiger charge is 2.20. The molecule has 2 aromatic rings. The number of carbonyl (C=O) groups is 1. The van der Waals surface area contributed by atoms with E-state index in [4.69, 9.17) is 4.74 Å². The molecule has 1 amide bonds. The lowest BCUT2D eigenvalue weighted by Crippen LogP contribution is -2.29. The quantitative estimate of drug-likeness (QED) is 0.872. The van der Waals surface area contributed by atoms with E-state index in [0.29, 0.717) is 18.3 Å². The Labute approximate surface area is 130 Å². The number of carbonyl (C=O) groups excluding carboxylic acids is 1. The normalized spacial score (nSPS) is 18.5. The summed E-state index contributed by atoms with van der Waals surface area (Å²) in [4.78, 5) is 18.7. The molecule has 2 heterocycles. The van der Waals surface area contributed by atoms with Crippen molar-refractivity contribution in [2.75, 3.05) is 25.2 Å². The molecule has 1 saturated heterocycles. The average molecular weight is 301 g/mol. The van der Waals surface area contributed by atoms with E-state index < -0.39 is 0 Å². The van der Waals surface area contributed by atoms with Crippen molar-refractivity contribution in [1.82, 2.24) is 9.55 Å².